The Morgan fingerprint density at radius 3 is 1.73 bits per heavy atom. The van der Waals surface area contributed by atoms with Gasteiger partial charge in [-0.25, -0.2) is 0 Å². The molecule has 0 N–H and O–H groups in total. The van der Waals surface area contributed by atoms with Crippen LogP contribution in [0.1, 0.15) is 49.9 Å². The Morgan fingerprint density at radius 2 is 0.929 bits per heavy atom. The summed E-state index contributed by atoms with van der Waals surface area (Å²) in [7, 11) is 0. The summed E-state index contributed by atoms with van der Waals surface area (Å²) in [4.78, 5) is 2.50. The average Bonchev–Trinajstić information content (AvgIpc) is 3.90. The summed E-state index contributed by atoms with van der Waals surface area (Å²) in [6, 6.07) is 63.7. The van der Waals surface area contributed by atoms with Crippen molar-refractivity contribution < 1.29 is 0 Å². The first-order valence-corrected chi connectivity index (χ1v) is 19.9. The standard InChI is InChI=1S/C54H40N2/c1-53(2)44-21-8-5-14-37(44)43-32-35(30-31-46(43)53)55(49-25-13-20-41-40-19-11-18-39-38-15-7-10-24-48(38)56(51(39)40)52(41)49)34-28-26-33(27-29-34)36-17-12-23-47-50(36)42-16-6-9-22-45(42)54(47,3)4/h5-32H,1-4H3. The number of benzene rings is 8. The molecule has 0 unspecified atom stereocenters. The molecule has 0 saturated heterocycles. The fourth-order valence-corrected chi connectivity index (χ4v) is 10.7. The molecule has 0 atom stereocenters. The minimum atomic E-state index is -0.0641. The molecule has 2 aromatic heterocycles. The molecule has 12 rings (SSSR count). The smallest absolute Gasteiger partial charge is 0.0782 e. The Labute approximate surface area is 327 Å². The van der Waals surface area contributed by atoms with Gasteiger partial charge in [-0.15, -0.1) is 0 Å². The van der Waals surface area contributed by atoms with E-state index in [2.05, 4.69) is 207 Å². The van der Waals surface area contributed by atoms with E-state index in [4.69, 9.17) is 0 Å². The maximum Gasteiger partial charge on any atom is 0.0782 e. The van der Waals surface area contributed by atoms with Crippen molar-refractivity contribution in [3.63, 3.8) is 0 Å². The molecule has 2 heteroatoms. The van der Waals surface area contributed by atoms with Gasteiger partial charge in [0.2, 0.25) is 0 Å². The van der Waals surface area contributed by atoms with Crippen LogP contribution in [0.25, 0.3) is 71.5 Å². The van der Waals surface area contributed by atoms with Crippen LogP contribution in [0.3, 0.4) is 0 Å². The van der Waals surface area contributed by atoms with Crippen molar-refractivity contribution in [3.8, 4) is 33.4 Å². The molecule has 2 nitrogen and oxygen atoms in total. The van der Waals surface area contributed by atoms with E-state index < -0.39 is 0 Å². The molecule has 2 heterocycles. The molecule has 2 aliphatic rings. The van der Waals surface area contributed by atoms with Gasteiger partial charge in [0.05, 0.1) is 22.2 Å². The highest BCUT2D eigenvalue weighted by atomic mass is 15.2. The highest BCUT2D eigenvalue weighted by Crippen LogP contribution is 2.54. The summed E-state index contributed by atoms with van der Waals surface area (Å²) in [6.45, 7) is 9.43. The van der Waals surface area contributed by atoms with E-state index in [1.54, 1.807) is 0 Å². The number of aromatic nitrogens is 1. The van der Waals surface area contributed by atoms with E-state index in [9.17, 15) is 0 Å². The zero-order valence-electron chi connectivity index (χ0n) is 32.1. The van der Waals surface area contributed by atoms with E-state index in [0.717, 1.165) is 17.1 Å². The lowest BCUT2D eigenvalue weighted by atomic mass is 9.82. The highest BCUT2D eigenvalue weighted by Gasteiger charge is 2.37. The van der Waals surface area contributed by atoms with Gasteiger partial charge in [0.15, 0.2) is 0 Å². The zero-order chi connectivity index (χ0) is 37.5. The molecule has 266 valence electrons. The molecule has 0 radical (unpaired) electrons. The molecule has 0 amide bonds. The van der Waals surface area contributed by atoms with Crippen LogP contribution < -0.4 is 4.90 Å². The predicted molar refractivity (Wildman–Crippen MR) is 236 cm³/mol. The van der Waals surface area contributed by atoms with Crippen molar-refractivity contribution in [1.29, 1.82) is 0 Å². The average molecular weight is 717 g/mol. The van der Waals surface area contributed by atoms with Crippen molar-refractivity contribution in [2.24, 2.45) is 0 Å². The van der Waals surface area contributed by atoms with Gasteiger partial charge in [-0.3, -0.25) is 0 Å². The lowest BCUT2D eigenvalue weighted by Gasteiger charge is -2.28. The van der Waals surface area contributed by atoms with Crippen LogP contribution in [0.5, 0.6) is 0 Å². The first kappa shape index (κ1) is 31.7. The fraction of sp³-hybridized carbons (Fsp3) is 0.111. The molecular weight excluding hydrogens is 677 g/mol. The quantitative estimate of drug-likeness (QED) is 0.176. The van der Waals surface area contributed by atoms with E-state index >= 15 is 0 Å². The van der Waals surface area contributed by atoms with Crippen LogP contribution in [-0.4, -0.2) is 4.40 Å². The van der Waals surface area contributed by atoms with Crippen molar-refractivity contribution in [2.45, 2.75) is 38.5 Å². The van der Waals surface area contributed by atoms with E-state index in [0.29, 0.717) is 0 Å². The first-order chi connectivity index (χ1) is 27.3. The Kier molecular flexibility index (Phi) is 6.22. The summed E-state index contributed by atoms with van der Waals surface area (Å²) in [6.07, 6.45) is 0. The third kappa shape index (κ3) is 4.01. The first-order valence-electron chi connectivity index (χ1n) is 19.9. The van der Waals surface area contributed by atoms with Crippen LogP contribution in [0.2, 0.25) is 0 Å². The molecule has 8 aromatic carbocycles. The Bertz CT molecular complexity index is 3250. The molecule has 56 heavy (non-hydrogen) atoms. The number of anilines is 3. The lowest BCUT2D eigenvalue weighted by molar-refractivity contribution is 0.660. The van der Waals surface area contributed by atoms with Crippen molar-refractivity contribution in [1.82, 2.24) is 4.40 Å². The van der Waals surface area contributed by atoms with E-state index in [1.807, 2.05) is 0 Å². The Hall–Kier alpha value is -6.64. The van der Waals surface area contributed by atoms with Gasteiger partial charge < -0.3 is 9.30 Å². The van der Waals surface area contributed by atoms with Gasteiger partial charge in [0.1, 0.15) is 0 Å². The fourth-order valence-electron chi connectivity index (χ4n) is 10.7. The number of nitrogens with zero attached hydrogens (tertiary/aromatic N) is 2. The van der Waals surface area contributed by atoms with Gasteiger partial charge in [-0.2, -0.15) is 0 Å². The third-order valence-corrected chi connectivity index (χ3v) is 13.3. The maximum atomic E-state index is 2.52. The van der Waals surface area contributed by atoms with Gasteiger partial charge in [0.25, 0.3) is 0 Å². The summed E-state index contributed by atoms with van der Waals surface area (Å²) in [5, 5.41) is 5.14. The molecule has 2 aliphatic carbocycles. The zero-order valence-corrected chi connectivity index (χ0v) is 32.1. The highest BCUT2D eigenvalue weighted by molar-refractivity contribution is 6.25. The van der Waals surface area contributed by atoms with Crippen LogP contribution in [-0.2, 0) is 10.8 Å². The third-order valence-electron chi connectivity index (χ3n) is 13.3. The predicted octanol–water partition coefficient (Wildman–Crippen LogP) is 14.6. The second kappa shape index (κ2) is 11.0. The number of rotatable bonds is 4. The summed E-state index contributed by atoms with van der Waals surface area (Å²) >= 11 is 0. The second-order valence-corrected chi connectivity index (χ2v) is 16.9. The van der Waals surface area contributed by atoms with Gasteiger partial charge in [0, 0.05) is 43.7 Å². The largest absolute Gasteiger partial charge is 0.308 e. The SMILES string of the molecule is CC1(C)c2ccccc2-c2cc(N(c3ccc(-c4cccc5c4-c4ccccc4C5(C)C)cc3)c3cccc4c5cccc6c7ccccc7n(c34)c65)ccc21. The minimum absolute atomic E-state index is 0.0429. The van der Waals surface area contributed by atoms with Crippen molar-refractivity contribution in [3.05, 3.63) is 192 Å². The molecular formula is C54H40N2. The molecule has 10 aromatic rings. The van der Waals surface area contributed by atoms with Crippen molar-refractivity contribution >= 4 is 55.2 Å². The Morgan fingerprint density at radius 1 is 0.393 bits per heavy atom. The molecule has 0 saturated carbocycles. The van der Waals surface area contributed by atoms with E-state index in [1.165, 1.54) is 93.7 Å². The molecule has 0 fully saturated rings. The number of hydrogen-bond acceptors (Lipinski definition) is 1. The van der Waals surface area contributed by atoms with Gasteiger partial charge in [-0.05, 0) is 92.0 Å². The Balaban J connectivity index is 1.11. The summed E-state index contributed by atoms with van der Waals surface area (Å²) in [5.41, 5.74) is 20.5. The van der Waals surface area contributed by atoms with Crippen LogP contribution in [0.4, 0.5) is 17.1 Å². The molecule has 0 aliphatic heterocycles. The summed E-state index contributed by atoms with van der Waals surface area (Å²) < 4.78 is 2.52. The summed E-state index contributed by atoms with van der Waals surface area (Å²) in [5.74, 6) is 0. The van der Waals surface area contributed by atoms with Gasteiger partial charge in [-0.1, -0.05) is 161 Å². The minimum Gasteiger partial charge on any atom is -0.308 e. The van der Waals surface area contributed by atoms with Crippen molar-refractivity contribution in [2.75, 3.05) is 4.90 Å². The van der Waals surface area contributed by atoms with Gasteiger partial charge >= 0.3 is 0 Å². The lowest BCUT2D eigenvalue weighted by Crippen LogP contribution is -2.15. The monoisotopic (exact) mass is 716 g/mol. The maximum absolute atomic E-state index is 2.52. The molecule has 0 bridgehead atoms. The van der Waals surface area contributed by atoms with Crippen LogP contribution in [0, 0.1) is 0 Å². The second-order valence-electron chi connectivity index (χ2n) is 16.9. The molecule has 0 spiro atoms. The van der Waals surface area contributed by atoms with E-state index in [-0.39, 0.29) is 10.8 Å². The topological polar surface area (TPSA) is 7.65 Å². The number of para-hydroxylation sites is 3. The van der Waals surface area contributed by atoms with Crippen LogP contribution in [0.15, 0.2) is 170 Å². The number of hydrogen-bond donors (Lipinski definition) is 0. The number of fused-ring (bicyclic) bond motifs is 12. The normalized spacial score (nSPS) is 14.7. The van der Waals surface area contributed by atoms with Crippen LogP contribution >= 0.6 is 0 Å².